The molecule has 1 fully saturated rings. The van der Waals surface area contributed by atoms with Crippen LogP contribution >= 0.6 is 11.8 Å². The molecule has 2 amide bonds. The highest BCUT2D eigenvalue weighted by Gasteiger charge is 2.50. The van der Waals surface area contributed by atoms with Crippen LogP contribution in [0.3, 0.4) is 0 Å². The molecular weight excluding hydrogens is 382 g/mol. The Balaban J connectivity index is 1.43. The summed E-state index contributed by atoms with van der Waals surface area (Å²) in [6.07, 6.45) is 0. The fraction of sp³-hybridized carbons (Fsp3) is 0.391. The summed E-state index contributed by atoms with van der Waals surface area (Å²) in [4.78, 5) is 33.3. The lowest BCUT2D eigenvalue weighted by Gasteiger charge is -2.42. The average Bonchev–Trinajstić information content (AvgIpc) is 2.72. The van der Waals surface area contributed by atoms with Crippen LogP contribution in [-0.4, -0.2) is 59.6 Å². The highest BCUT2D eigenvalue weighted by molar-refractivity contribution is 8.02. The average molecular weight is 410 g/mol. The number of carbonyl (C=O) groups excluding carboxylic acids is 2. The van der Waals surface area contributed by atoms with Gasteiger partial charge in [0.2, 0.25) is 5.91 Å². The minimum atomic E-state index is -1.11. The molecule has 0 saturated carbocycles. The van der Waals surface area contributed by atoms with Gasteiger partial charge in [0.05, 0.1) is 5.69 Å². The third-order valence-electron chi connectivity index (χ3n) is 5.81. The van der Waals surface area contributed by atoms with Gasteiger partial charge in [-0.2, -0.15) is 0 Å². The van der Waals surface area contributed by atoms with E-state index in [0.29, 0.717) is 13.1 Å². The van der Waals surface area contributed by atoms with Crippen molar-refractivity contribution in [1.82, 2.24) is 9.80 Å². The summed E-state index contributed by atoms with van der Waals surface area (Å²) in [6.45, 7) is 7.72. The Bertz CT molecular complexity index is 939. The van der Waals surface area contributed by atoms with Gasteiger partial charge < -0.3 is 9.80 Å². The van der Waals surface area contributed by atoms with E-state index in [1.807, 2.05) is 29.2 Å². The molecule has 152 valence electrons. The van der Waals surface area contributed by atoms with Crippen molar-refractivity contribution in [2.75, 3.05) is 38.1 Å². The second-order valence-corrected chi connectivity index (χ2v) is 9.49. The van der Waals surface area contributed by atoms with E-state index in [2.05, 4.69) is 36.1 Å². The van der Waals surface area contributed by atoms with Crippen LogP contribution in [0.1, 0.15) is 18.1 Å². The van der Waals surface area contributed by atoms with Gasteiger partial charge >= 0.3 is 0 Å². The Morgan fingerprint density at radius 3 is 2.52 bits per heavy atom. The van der Waals surface area contributed by atoms with Crippen molar-refractivity contribution in [3.05, 3.63) is 59.7 Å². The summed E-state index contributed by atoms with van der Waals surface area (Å²) in [5.74, 6) is -0.225. The van der Waals surface area contributed by atoms with Gasteiger partial charge in [-0.3, -0.25) is 14.5 Å². The molecule has 2 aromatic rings. The number of amides is 2. The van der Waals surface area contributed by atoms with Crippen molar-refractivity contribution >= 4 is 29.3 Å². The SMILES string of the molecule is Cc1cccc(CN2CCN(C(=O)C3(C)Sc4ccccc4N(C)C3=O)CC2)c1. The Labute approximate surface area is 176 Å². The first-order valence-corrected chi connectivity index (χ1v) is 10.8. The molecule has 4 rings (SSSR count). The molecule has 5 nitrogen and oxygen atoms in total. The lowest BCUT2D eigenvalue weighted by atomic mass is 10.1. The molecule has 29 heavy (non-hydrogen) atoms. The number of benzene rings is 2. The molecule has 2 aliphatic rings. The number of aryl methyl sites for hydroxylation is 1. The van der Waals surface area contributed by atoms with Crippen LogP contribution in [-0.2, 0) is 16.1 Å². The van der Waals surface area contributed by atoms with Crippen LogP contribution in [0.4, 0.5) is 5.69 Å². The van der Waals surface area contributed by atoms with E-state index in [0.717, 1.165) is 30.2 Å². The summed E-state index contributed by atoms with van der Waals surface area (Å²) in [7, 11) is 1.76. The fourth-order valence-electron chi connectivity index (χ4n) is 4.13. The standard InChI is InChI=1S/C23H27N3O2S/c1-17-7-6-8-18(15-17)16-25-11-13-26(14-12-25)22(28)23(2)21(27)24(3)19-9-4-5-10-20(19)29-23/h4-10,15H,11-14,16H2,1-3H3. The summed E-state index contributed by atoms with van der Waals surface area (Å²) < 4.78 is -1.11. The smallest absolute Gasteiger partial charge is 0.252 e. The van der Waals surface area contributed by atoms with Crippen molar-refractivity contribution in [2.24, 2.45) is 0 Å². The maximum atomic E-state index is 13.4. The molecule has 0 N–H and O–H groups in total. The number of fused-ring (bicyclic) bond motifs is 1. The first-order chi connectivity index (χ1) is 13.9. The van der Waals surface area contributed by atoms with Crippen LogP contribution in [0.5, 0.6) is 0 Å². The van der Waals surface area contributed by atoms with Crippen molar-refractivity contribution < 1.29 is 9.59 Å². The Morgan fingerprint density at radius 2 is 1.79 bits per heavy atom. The Morgan fingerprint density at radius 1 is 1.07 bits per heavy atom. The summed E-state index contributed by atoms with van der Waals surface area (Å²) in [5, 5.41) is 0. The number of rotatable bonds is 3. The van der Waals surface area contributed by atoms with Crippen LogP contribution in [0.2, 0.25) is 0 Å². The van der Waals surface area contributed by atoms with E-state index in [4.69, 9.17) is 0 Å². The maximum absolute atomic E-state index is 13.4. The van der Waals surface area contributed by atoms with Gasteiger partial charge in [0.1, 0.15) is 0 Å². The fourth-order valence-corrected chi connectivity index (χ4v) is 5.46. The third kappa shape index (κ3) is 3.79. The number of thioether (sulfide) groups is 1. The number of para-hydroxylation sites is 1. The first kappa shape index (κ1) is 20.0. The molecule has 0 radical (unpaired) electrons. The second kappa shape index (κ2) is 7.84. The number of carbonyl (C=O) groups is 2. The van der Waals surface area contributed by atoms with E-state index < -0.39 is 4.75 Å². The van der Waals surface area contributed by atoms with Crippen LogP contribution < -0.4 is 4.90 Å². The third-order valence-corrected chi connectivity index (χ3v) is 7.13. The van der Waals surface area contributed by atoms with E-state index in [9.17, 15) is 9.59 Å². The van der Waals surface area contributed by atoms with Gasteiger partial charge in [0, 0.05) is 44.7 Å². The van der Waals surface area contributed by atoms with E-state index in [1.165, 1.54) is 22.9 Å². The number of piperazine rings is 1. The lowest BCUT2D eigenvalue weighted by Crippen LogP contribution is -2.59. The van der Waals surface area contributed by atoms with Gasteiger partial charge in [-0.25, -0.2) is 0 Å². The van der Waals surface area contributed by atoms with Gasteiger partial charge in [-0.1, -0.05) is 53.7 Å². The van der Waals surface area contributed by atoms with E-state index in [1.54, 1.807) is 18.9 Å². The minimum Gasteiger partial charge on any atom is -0.338 e. The molecule has 1 atom stereocenters. The number of nitrogens with zero attached hydrogens (tertiary/aromatic N) is 3. The van der Waals surface area contributed by atoms with Crippen molar-refractivity contribution in [3.8, 4) is 0 Å². The molecule has 1 unspecified atom stereocenters. The first-order valence-electron chi connectivity index (χ1n) is 10.0. The largest absolute Gasteiger partial charge is 0.338 e. The topological polar surface area (TPSA) is 43.9 Å². The summed E-state index contributed by atoms with van der Waals surface area (Å²) in [5.41, 5.74) is 3.44. The monoisotopic (exact) mass is 409 g/mol. The molecule has 2 aliphatic heterocycles. The van der Waals surface area contributed by atoms with E-state index in [-0.39, 0.29) is 11.8 Å². The summed E-state index contributed by atoms with van der Waals surface area (Å²) in [6, 6.07) is 16.3. The molecule has 1 saturated heterocycles. The quantitative estimate of drug-likeness (QED) is 0.731. The van der Waals surface area contributed by atoms with Crippen LogP contribution in [0.25, 0.3) is 0 Å². The maximum Gasteiger partial charge on any atom is 0.252 e. The zero-order valence-electron chi connectivity index (χ0n) is 17.2. The number of hydrogen-bond acceptors (Lipinski definition) is 4. The zero-order chi connectivity index (χ0) is 20.6. The van der Waals surface area contributed by atoms with Crippen molar-refractivity contribution in [3.63, 3.8) is 0 Å². The van der Waals surface area contributed by atoms with Crippen LogP contribution in [0.15, 0.2) is 53.4 Å². The molecule has 2 aromatic carbocycles. The predicted octanol–water partition coefficient (Wildman–Crippen LogP) is 3.17. The second-order valence-electron chi connectivity index (χ2n) is 8.02. The molecular formula is C23H27N3O2S. The molecule has 0 aliphatic carbocycles. The molecule has 0 aromatic heterocycles. The van der Waals surface area contributed by atoms with Crippen molar-refractivity contribution in [1.29, 1.82) is 0 Å². The Kier molecular flexibility index (Phi) is 5.40. The highest BCUT2D eigenvalue weighted by atomic mass is 32.2. The summed E-state index contributed by atoms with van der Waals surface area (Å²) >= 11 is 1.38. The molecule has 6 heteroatoms. The molecule has 0 bridgehead atoms. The number of hydrogen-bond donors (Lipinski definition) is 0. The van der Waals surface area contributed by atoms with Gasteiger partial charge in [0.25, 0.3) is 5.91 Å². The van der Waals surface area contributed by atoms with Gasteiger partial charge in [0.15, 0.2) is 4.75 Å². The van der Waals surface area contributed by atoms with Crippen molar-refractivity contribution in [2.45, 2.75) is 30.0 Å². The number of anilines is 1. The lowest BCUT2D eigenvalue weighted by molar-refractivity contribution is -0.139. The van der Waals surface area contributed by atoms with Gasteiger partial charge in [-0.15, -0.1) is 0 Å². The zero-order valence-corrected chi connectivity index (χ0v) is 18.0. The predicted molar refractivity (Wildman–Crippen MR) is 117 cm³/mol. The highest BCUT2D eigenvalue weighted by Crippen LogP contribution is 2.45. The Hall–Kier alpha value is -2.31. The molecule has 0 spiro atoms. The van der Waals surface area contributed by atoms with Gasteiger partial charge in [-0.05, 0) is 31.5 Å². The normalized spacial score (nSPS) is 22.5. The molecule has 2 heterocycles. The minimum absolute atomic E-state index is 0.0796. The van der Waals surface area contributed by atoms with Crippen LogP contribution in [0, 0.1) is 6.92 Å². The van der Waals surface area contributed by atoms with E-state index >= 15 is 0 Å².